The van der Waals surface area contributed by atoms with Crippen LogP contribution in [0.4, 0.5) is 0 Å². The van der Waals surface area contributed by atoms with Crippen LogP contribution in [-0.2, 0) is 4.79 Å². The molecule has 1 saturated heterocycles. The van der Waals surface area contributed by atoms with Gasteiger partial charge >= 0.3 is 0 Å². The van der Waals surface area contributed by atoms with Gasteiger partial charge in [-0.25, -0.2) is 0 Å². The molecule has 0 N–H and O–H groups in total. The summed E-state index contributed by atoms with van der Waals surface area (Å²) < 4.78 is 0. The molecule has 0 aromatic carbocycles. The SMILES string of the molecule is CC(=O)N1CCC(C)(C(C)(C)C)C1. The molecule has 2 heteroatoms. The molecule has 0 aromatic heterocycles. The van der Waals surface area contributed by atoms with E-state index in [1.165, 1.54) is 0 Å². The van der Waals surface area contributed by atoms with Crippen molar-refractivity contribution in [1.82, 2.24) is 4.90 Å². The molecule has 1 unspecified atom stereocenters. The van der Waals surface area contributed by atoms with Crippen LogP contribution in [0, 0.1) is 10.8 Å². The molecule has 0 radical (unpaired) electrons. The molecular weight excluding hydrogens is 162 g/mol. The first-order valence-electron chi connectivity index (χ1n) is 5.02. The summed E-state index contributed by atoms with van der Waals surface area (Å²) in [5, 5.41) is 0. The second-order valence-corrected chi connectivity index (χ2v) is 5.50. The molecule has 1 aliphatic rings. The van der Waals surface area contributed by atoms with E-state index in [0.717, 1.165) is 19.5 Å². The Morgan fingerprint density at radius 2 is 1.92 bits per heavy atom. The van der Waals surface area contributed by atoms with Gasteiger partial charge in [-0.3, -0.25) is 4.79 Å². The van der Waals surface area contributed by atoms with Crippen molar-refractivity contribution in [1.29, 1.82) is 0 Å². The van der Waals surface area contributed by atoms with Gasteiger partial charge in [-0.15, -0.1) is 0 Å². The summed E-state index contributed by atoms with van der Waals surface area (Å²) in [7, 11) is 0. The maximum absolute atomic E-state index is 11.2. The summed E-state index contributed by atoms with van der Waals surface area (Å²) in [6.45, 7) is 12.6. The van der Waals surface area contributed by atoms with E-state index in [0.29, 0.717) is 5.41 Å². The Morgan fingerprint density at radius 1 is 1.38 bits per heavy atom. The minimum atomic E-state index is 0.216. The molecule has 0 saturated carbocycles. The van der Waals surface area contributed by atoms with E-state index in [9.17, 15) is 4.79 Å². The van der Waals surface area contributed by atoms with Crippen LogP contribution < -0.4 is 0 Å². The van der Waals surface area contributed by atoms with Gasteiger partial charge in [0.2, 0.25) is 5.91 Å². The molecule has 1 fully saturated rings. The third-order valence-corrected chi connectivity index (χ3v) is 3.73. The van der Waals surface area contributed by atoms with Crippen LogP contribution in [-0.4, -0.2) is 23.9 Å². The molecule has 13 heavy (non-hydrogen) atoms. The standard InChI is InChI=1S/C11H21NO/c1-9(13)12-7-6-11(5,8-12)10(2,3)4/h6-8H2,1-5H3. The van der Waals surface area contributed by atoms with Crippen molar-refractivity contribution in [2.75, 3.05) is 13.1 Å². The van der Waals surface area contributed by atoms with Crippen molar-refractivity contribution in [2.24, 2.45) is 10.8 Å². The Kier molecular flexibility index (Phi) is 2.44. The zero-order valence-electron chi connectivity index (χ0n) is 9.48. The molecule has 1 aliphatic heterocycles. The smallest absolute Gasteiger partial charge is 0.219 e. The fourth-order valence-electron chi connectivity index (χ4n) is 1.84. The summed E-state index contributed by atoms with van der Waals surface area (Å²) in [6, 6.07) is 0. The zero-order chi connectivity index (χ0) is 10.3. The number of nitrogens with zero attached hydrogens (tertiary/aromatic N) is 1. The molecular formula is C11H21NO. The van der Waals surface area contributed by atoms with Crippen LogP contribution in [0.5, 0.6) is 0 Å². The molecule has 1 atom stereocenters. The maximum atomic E-state index is 11.2. The summed E-state index contributed by atoms with van der Waals surface area (Å²) in [6.07, 6.45) is 1.14. The predicted molar refractivity (Wildman–Crippen MR) is 54.4 cm³/mol. The second kappa shape index (κ2) is 3.00. The van der Waals surface area contributed by atoms with Crippen molar-refractivity contribution in [3.63, 3.8) is 0 Å². The van der Waals surface area contributed by atoms with E-state index in [1.807, 2.05) is 4.90 Å². The molecule has 0 bridgehead atoms. The monoisotopic (exact) mass is 183 g/mol. The van der Waals surface area contributed by atoms with Gasteiger partial charge < -0.3 is 4.90 Å². The van der Waals surface area contributed by atoms with Crippen LogP contribution in [0.1, 0.15) is 41.0 Å². The molecule has 1 amide bonds. The highest BCUT2D eigenvalue weighted by Gasteiger charge is 2.43. The van der Waals surface area contributed by atoms with Crippen LogP contribution in [0.2, 0.25) is 0 Å². The fourth-order valence-corrected chi connectivity index (χ4v) is 1.84. The Bertz CT molecular complexity index is 217. The van der Waals surface area contributed by atoms with Crippen molar-refractivity contribution in [3.8, 4) is 0 Å². The lowest BCUT2D eigenvalue weighted by Gasteiger charge is -2.38. The number of rotatable bonds is 0. The van der Waals surface area contributed by atoms with Gasteiger partial charge in [-0.1, -0.05) is 27.7 Å². The highest BCUT2D eigenvalue weighted by atomic mass is 16.2. The summed E-state index contributed by atoms with van der Waals surface area (Å²) in [5.74, 6) is 0.216. The third kappa shape index (κ3) is 1.87. The number of likely N-dealkylation sites (tertiary alicyclic amines) is 1. The van der Waals surface area contributed by atoms with Crippen molar-refractivity contribution in [3.05, 3.63) is 0 Å². The first-order valence-corrected chi connectivity index (χ1v) is 5.02. The van der Waals surface area contributed by atoms with Crippen molar-refractivity contribution in [2.45, 2.75) is 41.0 Å². The predicted octanol–water partition coefficient (Wildman–Crippen LogP) is 2.29. The van der Waals surface area contributed by atoms with Crippen molar-refractivity contribution >= 4 is 5.91 Å². The minimum Gasteiger partial charge on any atom is -0.342 e. The van der Waals surface area contributed by atoms with E-state index in [-0.39, 0.29) is 11.3 Å². The lowest BCUT2D eigenvalue weighted by molar-refractivity contribution is -0.128. The van der Waals surface area contributed by atoms with Crippen LogP contribution in [0.25, 0.3) is 0 Å². The van der Waals surface area contributed by atoms with Gasteiger partial charge in [0.1, 0.15) is 0 Å². The molecule has 1 heterocycles. The normalized spacial score (nSPS) is 29.5. The molecule has 0 aliphatic carbocycles. The van der Waals surface area contributed by atoms with Gasteiger partial charge in [-0.05, 0) is 17.3 Å². The van der Waals surface area contributed by atoms with Gasteiger partial charge in [0.25, 0.3) is 0 Å². The van der Waals surface area contributed by atoms with E-state index in [1.54, 1.807) is 6.92 Å². The van der Waals surface area contributed by atoms with E-state index in [2.05, 4.69) is 27.7 Å². The highest BCUT2D eigenvalue weighted by Crippen LogP contribution is 2.45. The zero-order valence-corrected chi connectivity index (χ0v) is 9.48. The Hall–Kier alpha value is -0.530. The molecule has 1 rings (SSSR count). The van der Waals surface area contributed by atoms with E-state index in [4.69, 9.17) is 0 Å². The Morgan fingerprint density at radius 3 is 2.15 bits per heavy atom. The topological polar surface area (TPSA) is 20.3 Å². The lowest BCUT2D eigenvalue weighted by atomic mass is 9.67. The number of amides is 1. The largest absolute Gasteiger partial charge is 0.342 e. The molecule has 2 nitrogen and oxygen atoms in total. The summed E-state index contributed by atoms with van der Waals surface area (Å²) in [4.78, 5) is 13.2. The van der Waals surface area contributed by atoms with Gasteiger partial charge in [0.15, 0.2) is 0 Å². The van der Waals surface area contributed by atoms with Crippen molar-refractivity contribution < 1.29 is 4.79 Å². The number of carbonyl (C=O) groups is 1. The average Bonchev–Trinajstić information content (AvgIpc) is 2.31. The maximum Gasteiger partial charge on any atom is 0.219 e. The minimum absolute atomic E-state index is 0.216. The third-order valence-electron chi connectivity index (χ3n) is 3.73. The number of hydrogen-bond donors (Lipinski definition) is 0. The van der Waals surface area contributed by atoms with E-state index < -0.39 is 0 Å². The lowest BCUT2D eigenvalue weighted by Crippen LogP contribution is -2.37. The first-order chi connectivity index (χ1) is 5.76. The van der Waals surface area contributed by atoms with Gasteiger partial charge in [0.05, 0.1) is 0 Å². The average molecular weight is 183 g/mol. The van der Waals surface area contributed by atoms with Crippen LogP contribution in [0.15, 0.2) is 0 Å². The number of carbonyl (C=O) groups excluding carboxylic acids is 1. The molecule has 0 aromatic rings. The summed E-state index contributed by atoms with van der Waals surface area (Å²) in [5.41, 5.74) is 0.579. The van der Waals surface area contributed by atoms with Gasteiger partial charge in [0, 0.05) is 20.0 Å². The highest BCUT2D eigenvalue weighted by molar-refractivity contribution is 5.73. The summed E-state index contributed by atoms with van der Waals surface area (Å²) >= 11 is 0. The first kappa shape index (κ1) is 10.6. The van der Waals surface area contributed by atoms with Gasteiger partial charge in [-0.2, -0.15) is 0 Å². The second-order valence-electron chi connectivity index (χ2n) is 5.50. The molecule has 0 spiro atoms. The molecule has 76 valence electrons. The quantitative estimate of drug-likeness (QED) is 0.564. The Labute approximate surface area is 81.3 Å². The number of hydrogen-bond acceptors (Lipinski definition) is 1. The Balaban J connectivity index is 2.72. The van der Waals surface area contributed by atoms with Crippen LogP contribution in [0.3, 0.4) is 0 Å². The van der Waals surface area contributed by atoms with E-state index >= 15 is 0 Å². The fraction of sp³-hybridized carbons (Fsp3) is 0.909. The van der Waals surface area contributed by atoms with Crippen LogP contribution >= 0.6 is 0 Å².